The molecule has 0 atom stereocenters. The van der Waals surface area contributed by atoms with E-state index in [1.807, 2.05) is 29.3 Å². The highest BCUT2D eigenvalue weighted by Crippen LogP contribution is 2.28. The number of benzene rings is 2. The maximum atomic E-state index is 13.6. The summed E-state index contributed by atoms with van der Waals surface area (Å²) < 4.78 is 13.5. The first kappa shape index (κ1) is 26.9. The number of hydrogen-bond acceptors (Lipinski definition) is 2. The van der Waals surface area contributed by atoms with Gasteiger partial charge in [0.2, 0.25) is 11.8 Å². The number of amides is 2. The maximum Gasteiger partial charge on any atom is 0.242 e. The second kappa shape index (κ2) is 13.4. The Kier molecular flexibility index (Phi) is 9.75. The monoisotopic (exact) mass is 505 g/mol. The van der Waals surface area contributed by atoms with E-state index in [-0.39, 0.29) is 24.2 Å². The zero-order chi connectivity index (χ0) is 26.0. The number of H-pyrrole nitrogens is 1. The van der Waals surface area contributed by atoms with E-state index in [1.54, 1.807) is 17.0 Å². The second-order valence-electron chi connectivity index (χ2n) is 10.4. The van der Waals surface area contributed by atoms with Gasteiger partial charge in [-0.3, -0.25) is 9.59 Å². The lowest BCUT2D eigenvalue weighted by Gasteiger charge is -2.28. The molecule has 4 rings (SSSR count). The number of nitrogens with zero attached hydrogens (tertiary/aromatic N) is 2. The number of nitrogens with one attached hydrogen (secondary N) is 1. The Balaban J connectivity index is 1.45. The molecule has 1 aliphatic carbocycles. The number of halogens is 1. The zero-order valence-electron chi connectivity index (χ0n) is 22.1. The average Bonchev–Trinajstić information content (AvgIpc) is 3.58. The van der Waals surface area contributed by atoms with Gasteiger partial charge in [0.25, 0.3) is 0 Å². The topological polar surface area (TPSA) is 56.4 Å². The molecular formula is C31H40FN3O2. The van der Waals surface area contributed by atoms with Crippen molar-refractivity contribution >= 4 is 22.7 Å². The summed E-state index contributed by atoms with van der Waals surface area (Å²) in [5.74, 6) is 0.388. The lowest BCUT2D eigenvalue weighted by Crippen LogP contribution is -2.43. The number of carbonyl (C=O) groups excluding carboxylic acids is 2. The van der Waals surface area contributed by atoms with Gasteiger partial charge < -0.3 is 14.8 Å². The molecular weight excluding hydrogens is 465 g/mol. The van der Waals surface area contributed by atoms with Crippen LogP contribution < -0.4 is 0 Å². The molecule has 1 heterocycles. The Morgan fingerprint density at radius 1 is 0.973 bits per heavy atom. The van der Waals surface area contributed by atoms with Crippen LogP contribution in [0.25, 0.3) is 10.9 Å². The van der Waals surface area contributed by atoms with Crippen LogP contribution in [-0.2, 0) is 22.6 Å². The van der Waals surface area contributed by atoms with Gasteiger partial charge >= 0.3 is 0 Å². The molecule has 0 saturated heterocycles. The minimum atomic E-state index is -0.293. The molecule has 1 aromatic heterocycles. The third-order valence-electron chi connectivity index (χ3n) is 7.67. The molecule has 1 aliphatic rings. The van der Waals surface area contributed by atoms with Crippen LogP contribution >= 0.6 is 0 Å². The van der Waals surface area contributed by atoms with Crippen LogP contribution in [0.1, 0.15) is 69.4 Å². The van der Waals surface area contributed by atoms with E-state index in [9.17, 15) is 14.0 Å². The summed E-state index contributed by atoms with van der Waals surface area (Å²) in [6, 6.07) is 14.5. The largest absolute Gasteiger partial charge is 0.361 e. The van der Waals surface area contributed by atoms with E-state index >= 15 is 0 Å². The fourth-order valence-corrected chi connectivity index (χ4v) is 5.38. The second-order valence-corrected chi connectivity index (χ2v) is 10.4. The van der Waals surface area contributed by atoms with Crippen molar-refractivity contribution in [2.45, 2.75) is 71.3 Å². The van der Waals surface area contributed by atoms with E-state index < -0.39 is 0 Å². The normalized spacial score (nSPS) is 13.8. The van der Waals surface area contributed by atoms with E-state index in [4.69, 9.17) is 0 Å². The molecule has 1 fully saturated rings. The van der Waals surface area contributed by atoms with Crippen molar-refractivity contribution in [3.8, 4) is 0 Å². The minimum absolute atomic E-state index is 0.0607. The first-order valence-corrected chi connectivity index (χ1v) is 13.9. The zero-order valence-corrected chi connectivity index (χ0v) is 22.1. The number of rotatable bonds is 13. The molecule has 1 saturated carbocycles. The highest BCUT2D eigenvalue weighted by molar-refractivity contribution is 5.85. The molecule has 198 valence electrons. The van der Waals surface area contributed by atoms with Gasteiger partial charge in [-0.2, -0.15) is 0 Å². The Bertz CT molecular complexity index is 1150. The van der Waals surface area contributed by atoms with Crippen molar-refractivity contribution in [2.24, 2.45) is 5.92 Å². The average molecular weight is 506 g/mol. The molecule has 2 amide bonds. The van der Waals surface area contributed by atoms with E-state index in [0.29, 0.717) is 38.4 Å². The lowest BCUT2D eigenvalue weighted by molar-refractivity contribution is -0.141. The van der Waals surface area contributed by atoms with Crippen molar-refractivity contribution in [3.63, 3.8) is 0 Å². The fraction of sp³-hybridized carbons (Fsp3) is 0.484. The summed E-state index contributed by atoms with van der Waals surface area (Å²) >= 11 is 0. The Morgan fingerprint density at radius 3 is 2.49 bits per heavy atom. The SMILES string of the molecule is CCCCN(CC(=O)N(CCc1c[nH]c2ccccc12)Cc1ccc(F)cc1)C(=O)CCC1CCCC1. The fourth-order valence-electron chi connectivity index (χ4n) is 5.38. The van der Waals surface area contributed by atoms with Gasteiger partial charge in [-0.15, -0.1) is 0 Å². The molecule has 2 aromatic carbocycles. The minimum Gasteiger partial charge on any atom is -0.361 e. The van der Waals surface area contributed by atoms with Crippen LogP contribution in [0.3, 0.4) is 0 Å². The highest BCUT2D eigenvalue weighted by atomic mass is 19.1. The van der Waals surface area contributed by atoms with Gasteiger partial charge in [-0.05, 0) is 54.5 Å². The molecule has 6 heteroatoms. The molecule has 3 aromatic rings. The number of para-hydroxylation sites is 1. The summed E-state index contributed by atoms with van der Waals surface area (Å²) in [5.41, 5.74) is 3.11. The van der Waals surface area contributed by atoms with E-state index in [0.717, 1.165) is 41.3 Å². The van der Waals surface area contributed by atoms with Gasteiger partial charge in [0.1, 0.15) is 5.82 Å². The molecule has 0 radical (unpaired) electrons. The number of unbranched alkanes of at least 4 members (excludes halogenated alkanes) is 1. The number of aromatic nitrogens is 1. The Labute approximate surface area is 220 Å². The van der Waals surface area contributed by atoms with Crippen molar-refractivity contribution in [1.82, 2.24) is 14.8 Å². The lowest BCUT2D eigenvalue weighted by atomic mass is 10.0. The maximum absolute atomic E-state index is 13.6. The Morgan fingerprint density at radius 2 is 1.73 bits per heavy atom. The van der Waals surface area contributed by atoms with Gasteiger partial charge in [0.15, 0.2) is 0 Å². The first-order valence-electron chi connectivity index (χ1n) is 13.9. The molecule has 37 heavy (non-hydrogen) atoms. The molecule has 0 unspecified atom stereocenters. The third kappa shape index (κ3) is 7.67. The van der Waals surface area contributed by atoms with Crippen LogP contribution in [0.4, 0.5) is 4.39 Å². The summed E-state index contributed by atoms with van der Waals surface area (Å²) in [6.07, 6.45) is 11.0. The molecule has 0 spiro atoms. The summed E-state index contributed by atoms with van der Waals surface area (Å²) in [7, 11) is 0. The Hall–Kier alpha value is -3.15. The highest BCUT2D eigenvalue weighted by Gasteiger charge is 2.23. The van der Waals surface area contributed by atoms with Crippen LogP contribution in [-0.4, -0.2) is 46.2 Å². The number of aromatic amines is 1. The van der Waals surface area contributed by atoms with E-state index in [2.05, 4.69) is 18.0 Å². The third-order valence-corrected chi connectivity index (χ3v) is 7.67. The van der Waals surface area contributed by atoms with Crippen LogP contribution in [0, 0.1) is 11.7 Å². The van der Waals surface area contributed by atoms with Gasteiger partial charge in [-0.1, -0.05) is 69.4 Å². The number of fused-ring (bicyclic) bond motifs is 1. The number of hydrogen-bond donors (Lipinski definition) is 1. The van der Waals surface area contributed by atoms with Gasteiger partial charge in [0, 0.05) is 43.2 Å². The molecule has 0 aliphatic heterocycles. The van der Waals surface area contributed by atoms with Gasteiger partial charge in [-0.25, -0.2) is 4.39 Å². The first-order chi connectivity index (χ1) is 18.0. The molecule has 0 bridgehead atoms. The van der Waals surface area contributed by atoms with Crippen LogP contribution in [0.15, 0.2) is 54.7 Å². The van der Waals surface area contributed by atoms with Crippen LogP contribution in [0.2, 0.25) is 0 Å². The van der Waals surface area contributed by atoms with Crippen molar-refractivity contribution in [3.05, 3.63) is 71.7 Å². The van der Waals surface area contributed by atoms with Crippen LogP contribution in [0.5, 0.6) is 0 Å². The van der Waals surface area contributed by atoms with Gasteiger partial charge in [0.05, 0.1) is 6.54 Å². The van der Waals surface area contributed by atoms with Crippen molar-refractivity contribution < 1.29 is 14.0 Å². The smallest absolute Gasteiger partial charge is 0.242 e. The summed E-state index contributed by atoms with van der Waals surface area (Å²) in [4.78, 5) is 33.7. The standard InChI is InChI=1S/C31H40FN3O2/c1-2-3-19-34(30(36)17-14-24-8-4-5-9-24)23-31(37)35(22-25-12-15-27(32)16-13-25)20-18-26-21-33-29-11-7-6-10-28(26)29/h6-7,10-13,15-16,21,24,33H,2-5,8-9,14,17-20,22-23H2,1H3. The molecule has 5 nitrogen and oxygen atoms in total. The predicted octanol–water partition coefficient (Wildman–Crippen LogP) is 6.48. The quantitative estimate of drug-likeness (QED) is 0.289. The van der Waals surface area contributed by atoms with Crippen molar-refractivity contribution in [1.29, 1.82) is 0 Å². The predicted molar refractivity (Wildman–Crippen MR) is 146 cm³/mol. The van der Waals surface area contributed by atoms with E-state index in [1.165, 1.54) is 37.8 Å². The molecule has 1 N–H and O–H groups in total. The summed E-state index contributed by atoms with van der Waals surface area (Å²) in [5, 5.41) is 1.16. The number of carbonyl (C=O) groups is 2. The summed E-state index contributed by atoms with van der Waals surface area (Å²) in [6.45, 7) is 3.72. The van der Waals surface area contributed by atoms with Crippen molar-refractivity contribution in [2.75, 3.05) is 19.6 Å².